The third-order valence-corrected chi connectivity index (χ3v) is 2.16. The topological polar surface area (TPSA) is 55.6 Å². The minimum absolute atomic E-state index is 0.0150. The standard InChI is InChI=1S/C11H24N2O2/c1-3-4-10-15-13(11(2)14)9-7-5-6-8-12/h3-10,12H2,1-2H3. The maximum Gasteiger partial charge on any atom is 0.242 e. The number of hydroxylamine groups is 2. The predicted octanol–water partition coefficient (Wildman–Crippen LogP) is 1.70. The van der Waals surface area contributed by atoms with E-state index in [0.29, 0.717) is 13.2 Å². The highest BCUT2D eigenvalue weighted by atomic mass is 16.7. The van der Waals surface area contributed by atoms with Crippen molar-refractivity contribution in [3.63, 3.8) is 0 Å². The van der Waals surface area contributed by atoms with Crippen molar-refractivity contribution in [3.05, 3.63) is 0 Å². The van der Waals surface area contributed by atoms with Gasteiger partial charge in [0.05, 0.1) is 6.61 Å². The van der Waals surface area contributed by atoms with Gasteiger partial charge in [-0.1, -0.05) is 19.8 Å². The molecule has 0 bridgehead atoms. The SMILES string of the molecule is CCCCON(CCCCCN)C(C)=O. The minimum Gasteiger partial charge on any atom is -0.330 e. The van der Waals surface area contributed by atoms with Gasteiger partial charge in [0.1, 0.15) is 0 Å². The first-order valence-electron chi connectivity index (χ1n) is 5.83. The third-order valence-electron chi connectivity index (χ3n) is 2.16. The molecule has 0 radical (unpaired) electrons. The molecule has 0 aliphatic rings. The van der Waals surface area contributed by atoms with Crippen molar-refractivity contribution in [2.75, 3.05) is 19.7 Å². The molecule has 0 aromatic rings. The van der Waals surface area contributed by atoms with Crippen LogP contribution in [0.2, 0.25) is 0 Å². The predicted molar refractivity (Wildman–Crippen MR) is 61.2 cm³/mol. The van der Waals surface area contributed by atoms with Crippen LogP contribution in [0.5, 0.6) is 0 Å². The summed E-state index contributed by atoms with van der Waals surface area (Å²) in [6.45, 7) is 5.67. The second-order valence-electron chi connectivity index (χ2n) is 3.66. The van der Waals surface area contributed by atoms with E-state index in [4.69, 9.17) is 10.6 Å². The maximum absolute atomic E-state index is 11.2. The smallest absolute Gasteiger partial charge is 0.242 e. The zero-order valence-electron chi connectivity index (χ0n) is 10.00. The largest absolute Gasteiger partial charge is 0.330 e. The molecule has 90 valence electrons. The molecule has 0 saturated heterocycles. The van der Waals surface area contributed by atoms with E-state index in [0.717, 1.165) is 38.6 Å². The van der Waals surface area contributed by atoms with Crippen LogP contribution in [0.25, 0.3) is 0 Å². The van der Waals surface area contributed by atoms with Crippen molar-refractivity contribution in [2.45, 2.75) is 46.0 Å². The molecule has 4 nitrogen and oxygen atoms in total. The van der Waals surface area contributed by atoms with Gasteiger partial charge in [-0.25, -0.2) is 5.06 Å². The van der Waals surface area contributed by atoms with Crippen molar-refractivity contribution in [3.8, 4) is 0 Å². The molecule has 4 heteroatoms. The van der Waals surface area contributed by atoms with Crippen molar-refractivity contribution in [1.29, 1.82) is 0 Å². The minimum atomic E-state index is -0.0150. The van der Waals surface area contributed by atoms with Crippen molar-refractivity contribution in [2.24, 2.45) is 5.73 Å². The molecular weight excluding hydrogens is 192 g/mol. The van der Waals surface area contributed by atoms with Gasteiger partial charge in [-0.2, -0.15) is 0 Å². The van der Waals surface area contributed by atoms with Crippen LogP contribution in [-0.2, 0) is 9.63 Å². The first kappa shape index (κ1) is 14.4. The molecule has 0 rings (SSSR count). The number of rotatable bonds is 9. The average Bonchev–Trinajstić information content (AvgIpc) is 2.21. The highest BCUT2D eigenvalue weighted by Gasteiger charge is 2.07. The van der Waals surface area contributed by atoms with E-state index in [1.54, 1.807) is 0 Å². The van der Waals surface area contributed by atoms with Gasteiger partial charge in [-0.05, 0) is 25.8 Å². The molecule has 1 amide bonds. The Morgan fingerprint density at radius 2 is 2.00 bits per heavy atom. The molecule has 0 unspecified atom stereocenters. The first-order valence-corrected chi connectivity index (χ1v) is 5.83. The first-order chi connectivity index (χ1) is 7.22. The average molecular weight is 216 g/mol. The molecule has 0 aromatic heterocycles. The van der Waals surface area contributed by atoms with Crippen molar-refractivity contribution >= 4 is 5.91 Å². The Morgan fingerprint density at radius 1 is 1.27 bits per heavy atom. The summed E-state index contributed by atoms with van der Waals surface area (Å²) < 4.78 is 0. The maximum atomic E-state index is 11.2. The summed E-state index contributed by atoms with van der Waals surface area (Å²) in [5.41, 5.74) is 5.39. The highest BCUT2D eigenvalue weighted by molar-refractivity contribution is 5.71. The lowest BCUT2D eigenvalue weighted by molar-refractivity contribution is -0.185. The van der Waals surface area contributed by atoms with Crippen LogP contribution in [0.1, 0.15) is 46.0 Å². The van der Waals surface area contributed by atoms with E-state index in [-0.39, 0.29) is 5.91 Å². The Labute approximate surface area is 92.7 Å². The third kappa shape index (κ3) is 8.39. The van der Waals surface area contributed by atoms with Crippen LogP contribution in [0.3, 0.4) is 0 Å². The molecular formula is C11H24N2O2. The Hall–Kier alpha value is -0.610. The second-order valence-corrected chi connectivity index (χ2v) is 3.66. The number of hydrogen-bond donors (Lipinski definition) is 1. The van der Waals surface area contributed by atoms with E-state index in [1.807, 2.05) is 0 Å². The van der Waals surface area contributed by atoms with Gasteiger partial charge in [-0.15, -0.1) is 0 Å². The van der Waals surface area contributed by atoms with E-state index < -0.39 is 0 Å². The number of hydrogen-bond acceptors (Lipinski definition) is 3. The van der Waals surface area contributed by atoms with E-state index in [9.17, 15) is 4.79 Å². The lowest BCUT2D eigenvalue weighted by Crippen LogP contribution is -2.30. The van der Waals surface area contributed by atoms with Gasteiger partial charge < -0.3 is 5.73 Å². The van der Waals surface area contributed by atoms with Crippen LogP contribution in [0.15, 0.2) is 0 Å². The van der Waals surface area contributed by atoms with E-state index in [1.165, 1.54) is 12.0 Å². The fourth-order valence-corrected chi connectivity index (χ4v) is 1.21. The highest BCUT2D eigenvalue weighted by Crippen LogP contribution is 2.01. The Morgan fingerprint density at radius 3 is 2.53 bits per heavy atom. The molecule has 0 fully saturated rings. The zero-order chi connectivity index (χ0) is 11.5. The summed E-state index contributed by atoms with van der Waals surface area (Å²) in [6.07, 6.45) is 5.10. The summed E-state index contributed by atoms with van der Waals surface area (Å²) in [5.74, 6) is -0.0150. The molecule has 0 aliphatic carbocycles. The summed E-state index contributed by atoms with van der Waals surface area (Å²) in [6, 6.07) is 0. The molecule has 0 heterocycles. The van der Waals surface area contributed by atoms with Crippen LogP contribution >= 0.6 is 0 Å². The second kappa shape index (κ2) is 9.93. The zero-order valence-corrected chi connectivity index (χ0v) is 10.00. The van der Waals surface area contributed by atoms with Crippen LogP contribution in [0.4, 0.5) is 0 Å². The van der Waals surface area contributed by atoms with Crippen molar-refractivity contribution in [1.82, 2.24) is 5.06 Å². The number of carbonyl (C=O) groups excluding carboxylic acids is 1. The van der Waals surface area contributed by atoms with Gasteiger partial charge in [0.25, 0.3) is 0 Å². The van der Waals surface area contributed by atoms with E-state index >= 15 is 0 Å². The van der Waals surface area contributed by atoms with Gasteiger partial charge in [-0.3, -0.25) is 9.63 Å². The van der Waals surface area contributed by atoms with Crippen LogP contribution < -0.4 is 5.73 Å². The monoisotopic (exact) mass is 216 g/mol. The molecule has 0 spiro atoms. The number of unbranched alkanes of at least 4 members (excludes halogenated alkanes) is 3. The summed E-state index contributed by atoms with van der Waals surface area (Å²) in [7, 11) is 0. The Kier molecular flexibility index (Phi) is 9.52. The molecule has 0 saturated carbocycles. The van der Waals surface area contributed by atoms with E-state index in [2.05, 4.69) is 6.92 Å². The van der Waals surface area contributed by atoms with Gasteiger partial charge >= 0.3 is 0 Å². The quantitative estimate of drug-likeness (QED) is 0.471. The van der Waals surface area contributed by atoms with Gasteiger partial charge in [0.2, 0.25) is 5.91 Å². The van der Waals surface area contributed by atoms with Crippen molar-refractivity contribution < 1.29 is 9.63 Å². The number of carbonyl (C=O) groups is 1. The van der Waals surface area contributed by atoms with Gasteiger partial charge in [0.15, 0.2) is 0 Å². The summed E-state index contributed by atoms with van der Waals surface area (Å²) >= 11 is 0. The number of nitrogens with zero attached hydrogens (tertiary/aromatic N) is 1. The Bertz CT molecular complexity index is 163. The molecule has 0 aliphatic heterocycles. The summed E-state index contributed by atoms with van der Waals surface area (Å²) in [5, 5.41) is 1.46. The van der Waals surface area contributed by atoms with Crippen LogP contribution in [0, 0.1) is 0 Å². The lowest BCUT2D eigenvalue weighted by atomic mass is 10.2. The normalized spacial score (nSPS) is 10.3. The fourth-order valence-electron chi connectivity index (χ4n) is 1.21. The number of nitrogens with two attached hydrogens (primary N) is 1. The van der Waals surface area contributed by atoms with Crippen LogP contribution in [-0.4, -0.2) is 30.7 Å². The molecule has 15 heavy (non-hydrogen) atoms. The van der Waals surface area contributed by atoms with Gasteiger partial charge in [0, 0.05) is 13.5 Å². The fraction of sp³-hybridized carbons (Fsp3) is 0.909. The molecule has 0 aromatic carbocycles. The number of amides is 1. The summed E-state index contributed by atoms with van der Waals surface area (Å²) in [4.78, 5) is 16.6. The lowest BCUT2D eigenvalue weighted by Gasteiger charge is -2.20. The Balaban J connectivity index is 3.59. The molecule has 0 atom stereocenters. The molecule has 2 N–H and O–H groups in total.